The van der Waals surface area contributed by atoms with Gasteiger partial charge in [-0.2, -0.15) is 4.31 Å². The number of halogens is 2. The summed E-state index contributed by atoms with van der Waals surface area (Å²) in [4.78, 5) is 0.0458. The van der Waals surface area contributed by atoms with Gasteiger partial charge in [0.2, 0.25) is 10.0 Å². The lowest BCUT2D eigenvalue weighted by Gasteiger charge is -2.36. The van der Waals surface area contributed by atoms with Crippen molar-refractivity contribution >= 4 is 21.6 Å². The van der Waals surface area contributed by atoms with E-state index in [4.69, 9.17) is 11.6 Å². The Morgan fingerprint density at radius 3 is 2.63 bits per heavy atom. The first-order valence-corrected chi connectivity index (χ1v) is 8.28. The van der Waals surface area contributed by atoms with E-state index in [1.807, 2.05) is 0 Å². The van der Waals surface area contributed by atoms with Crippen LogP contribution in [0.1, 0.15) is 24.8 Å². The summed E-state index contributed by atoms with van der Waals surface area (Å²) in [7, 11) is -3.67. The first-order valence-electron chi connectivity index (χ1n) is 6.31. The zero-order valence-electron chi connectivity index (χ0n) is 10.8. The number of aryl methyl sites for hydroxylation is 1. The molecule has 1 aromatic carbocycles. The Kier molecular flexibility index (Phi) is 4.48. The van der Waals surface area contributed by atoms with Crippen molar-refractivity contribution in [3.8, 4) is 0 Å². The highest BCUT2D eigenvalue weighted by Crippen LogP contribution is 2.31. The summed E-state index contributed by atoms with van der Waals surface area (Å²) in [5.74, 6) is -0.298. The highest BCUT2D eigenvalue weighted by Gasteiger charge is 2.35. The third-order valence-electron chi connectivity index (χ3n) is 3.52. The van der Waals surface area contributed by atoms with E-state index < -0.39 is 15.8 Å². The van der Waals surface area contributed by atoms with Crippen LogP contribution in [0.25, 0.3) is 0 Å². The number of alkyl halides is 1. The molecule has 0 atom stereocenters. The van der Waals surface area contributed by atoms with Crippen molar-refractivity contribution in [1.29, 1.82) is 0 Å². The van der Waals surface area contributed by atoms with Gasteiger partial charge < -0.3 is 0 Å². The van der Waals surface area contributed by atoms with E-state index in [1.54, 1.807) is 6.92 Å². The Bertz CT molecular complexity index is 558. The smallest absolute Gasteiger partial charge is 0.207 e. The Balaban J connectivity index is 2.40. The molecule has 19 heavy (non-hydrogen) atoms. The highest BCUT2D eigenvalue weighted by atomic mass is 35.5. The van der Waals surface area contributed by atoms with E-state index in [2.05, 4.69) is 0 Å². The van der Waals surface area contributed by atoms with E-state index in [-0.39, 0.29) is 23.4 Å². The second-order valence-corrected chi connectivity index (χ2v) is 7.04. The lowest BCUT2D eigenvalue weighted by molar-refractivity contribution is 0.227. The van der Waals surface area contributed by atoms with Crippen LogP contribution in [-0.4, -0.2) is 31.2 Å². The molecular formula is C13H17ClFNO2S. The van der Waals surface area contributed by atoms with E-state index in [0.717, 1.165) is 25.3 Å². The highest BCUT2D eigenvalue weighted by molar-refractivity contribution is 7.89. The quantitative estimate of drug-likeness (QED) is 0.784. The minimum atomic E-state index is -3.67. The predicted molar refractivity (Wildman–Crippen MR) is 73.4 cm³/mol. The van der Waals surface area contributed by atoms with Crippen LogP contribution < -0.4 is 0 Å². The van der Waals surface area contributed by atoms with E-state index in [9.17, 15) is 12.8 Å². The molecule has 0 bridgehead atoms. The SMILES string of the molecule is Cc1ccc(F)cc1S(=O)(=O)N(CCCl)C1CCC1. The Hall–Kier alpha value is -0.650. The van der Waals surface area contributed by atoms with Crippen molar-refractivity contribution in [1.82, 2.24) is 4.31 Å². The van der Waals surface area contributed by atoms with E-state index in [1.165, 1.54) is 16.4 Å². The van der Waals surface area contributed by atoms with Crippen LogP contribution in [0.2, 0.25) is 0 Å². The Morgan fingerprint density at radius 1 is 1.42 bits per heavy atom. The first-order chi connectivity index (χ1) is 8.96. The van der Waals surface area contributed by atoms with Gasteiger partial charge in [0, 0.05) is 18.5 Å². The number of hydrogen-bond acceptors (Lipinski definition) is 2. The van der Waals surface area contributed by atoms with Gasteiger partial charge in [0.05, 0.1) is 4.90 Å². The summed E-state index contributed by atoms with van der Waals surface area (Å²) in [6.45, 7) is 1.94. The summed E-state index contributed by atoms with van der Waals surface area (Å²) >= 11 is 5.71. The Labute approximate surface area is 118 Å². The second kappa shape index (κ2) is 5.77. The van der Waals surface area contributed by atoms with Crippen LogP contribution in [-0.2, 0) is 10.0 Å². The fourth-order valence-electron chi connectivity index (χ4n) is 2.24. The molecule has 1 aromatic rings. The van der Waals surface area contributed by atoms with Gasteiger partial charge in [0.15, 0.2) is 0 Å². The minimum absolute atomic E-state index is 0.00594. The summed E-state index contributed by atoms with van der Waals surface area (Å²) in [6, 6.07) is 3.85. The lowest BCUT2D eigenvalue weighted by atomic mass is 9.93. The van der Waals surface area contributed by atoms with Gasteiger partial charge in [-0.1, -0.05) is 12.5 Å². The van der Waals surface area contributed by atoms with Crippen molar-refractivity contribution < 1.29 is 12.8 Å². The van der Waals surface area contributed by atoms with Crippen molar-refractivity contribution in [2.75, 3.05) is 12.4 Å². The first kappa shape index (κ1) is 14.8. The van der Waals surface area contributed by atoms with Crippen LogP contribution in [0, 0.1) is 12.7 Å². The third-order valence-corrected chi connectivity index (χ3v) is 5.79. The molecule has 0 spiro atoms. The van der Waals surface area contributed by atoms with Crippen molar-refractivity contribution in [3.05, 3.63) is 29.6 Å². The molecule has 0 unspecified atom stereocenters. The molecule has 1 aliphatic rings. The molecule has 1 saturated carbocycles. The summed E-state index contributed by atoms with van der Waals surface area (Å²) in [6.07, 6.45) is 2.73. The fourth-order valence-corrected chi connectivity index (χ4v) is 4.44. The number of nitrogens with zero attached hydrogens (tertiary/aromatic N) is 1. The van der Waals surface area contributed by atoms with E-state index in [0.29, 0.717) is 5.56 Å². The van der Waals surface area contributed by atoms with Crippen LogP contribution >= 0.6 is 11.6 Å². The summed E-state index contributed by atoms with van der Waals surface area (Å²) in [5, 5.41) is 0. The van der Waals surface area contributed by atoms with Crippen LogP contribution in [0.3, 0.4) is 0 Å². The topological polar surface area (TPSA) is 37.4 Å². The monoisotopic (exact) mass is 305 g/mol. The molecule has 0 aliphatic heterocycles. The zero-order valence-corrected chi connectivity index (χ0v) is 12.3. The summed E-state index contributed by atoms with van der Waals surface area (Å²) in [5.41, 5.74) is 0.556. The van der Waals surface area contributed by atoms with Crippen molar-refractivity contribution in [2.45, 2.75) is 37.1 Å². The molecule has 3 nitrogen and oxygen atoms in total. The maximum Gasteiger partial charge on any atom is 0.243 e. The molecule has 0 saturated heterocycles. The zero-order chi connectivity index (χ0) is 14.0. The summed E-state index contributed by atoms with van der Waals surface area (Å²) < 4.78 is 40.0. The average molecular weight is 306 g/mol. The van der Waals surface area contributed by atoms with Crippen molar-refractivity contribution in [2.24, 2.45) is 0 Å². The molecule has 0 radical (unpaired) electrons. The van der Waals surface area contributed by atoms with Crippen molar-refractivity contribution in [3.63, 3.8) is 0 Å². The molecule has 2 rings (SSSR count). The lowest BCUT2D eigenvalue weighted by Crippen LogP contribution is -2.45. The molecule has 6 heteroatoms. The van der Waals surface area contributed by atoms with Crippen LogP contribution in [0.5, 0.6) is 0 Å². The van der Waals surface area contributed by atoms with Gasteiger partial charge in [-0.15, -0.1) is 11.6 Å². The van der Waals surface area contributed by atoms with Gasteiger partial charge in [-0.05, 0) is 37.5 Å². The molecule has 0 N–H and O–H groups in total. The van der Waals surface area contributed by atoms with Crippen LogP contribution in [0.15, 0.2) is 23.1 Å². The molecule has 0 amide bonds. The second-order valence-electron chi connectivity index (χ2n) is 4.80. The number of benzene rings is 1. The van der Waals surface area contributed by atoms with Gasteiger partial charge in [-0.3, -0.25) is 0 Å². The predicted octanol–water partition coefficient (Wildman–Crippen LogP) is 2.92. The molecule has 0 aromatic heterocycles. The minimum Gasteiger partial charge on any atom is -0.207 e. The largest absolute Gasteiger partial charge is 0.243 e. The molecular weight excluding hydrogens is 289 g/mol. The number of rotatable bonds is 5. The third kappa shape index (κ3) is 2.93. The van der Waals surface area contributed by atoms with E-state index >= 15 is 0 Å². The molecule has 0 heterocycles. The van der Waals surface area contributed by atoms with Crippen LogP contribution in [0.4, 0.5) is 4.39 Å². The maximum atomic E-state index is 13.3. The van der Waals surface area contributed by atoms with Gasteiger partial charge >= 0.3 is 0 Å². The maximum absolute atomic E-state index is 13.3. The van der Waals surface area contributed by atoms with Gasteiger partial charge in [0.1, 0.15) is 5.82 Å². The fraction of sp³-hybridized carbons (Fsp3) is 0.538. The average Bonchev–Trinajstić information content (AvgIpc) is 2.29. The Morgan fingerprint density at radius 2 is 2.11 bits per heavy atom. The molecule has 1 fully saturated rings. The molecule has 106 valence electrons. The number of sulfonamides is 1. The molecule has 1 aliphatic carbocycles. The van der Waals surface area contributed by atoms with Gasteiger partial charge in [-0.25, -0.2) is 12.8 Å². The normalized spacial score (nSPS) is 16.6. The number of hydrogen-bond donors (Lipinski definition) is 0. The standard InChI is InChI=1S/C13H17ClFNO2S/c1-10-5-6-11(15)9-13(10)19(17,18)16(8-7-14)12-3-2-4-12/h5-6,9,12H,2-4,7-8H2,1H3. The van der Waals surface area contributed by atoms with Gasteiger partial charge in [0.25, 0.3) is 0 Å².